The van der Waals surface area contributed by atoms with E-state index >= 15 is 0 Å². The SMILES string of the molecule is COC(=O)[C@H]1CC[C@H](NC(=O)c2cnc(COC3CCNCC3)s2)CC1.Cl. The van der Waals surface area contributed by atoms with E-state index in [2.05, 4.69) is 15.6 Å². The third kappa shape index (κ3) is 6.41. The number of aromatic nitrogens is 1. The second-order valence-corrected chi connectivity index (χ2v) is 8.04. The van der Waals surface area contributed by atoms with Gasteiger partial charge in [0.05, 0.1) is 31.9 Å². The van der Waals surface area contributed by atoms with E-state index in [-0.39, 0.29) is 42.3 Å². The lowest BCUT2D eigenvalue weighted by Crippen LogP contribution is -2.38. The number of methoxy groups -OCH3 is 1. The molecule has 0 unspecified atom stereocenters. The minimum absolute atomic E-state index is 0. The molecule has 0 atom stereocenters. The van der Waals surface area contributed by atoms with Crippen LogP contribution in [0.1, 0.15) is 53.2 Å². The lowest BCUT2D eigenvalue weighted by atomic mass is 9.86. The summed E-state index contributed by atoms with van der Waals surface area (Å²) in [6.07, 6.45) is 7.07. The molecule has 2 fully saturated rings. The first-order chi connectivity index (χ1) is 12.7. The van der Waals surface area contributed by atoms with E-state index in [1.165, 1.54) is 18.4 Å². The van der Waals surface area contributed by atoms with E-state index < -0.39 is 0 Å². The van der Waals surface area contributed by atoms with E-state index in [9.17, 15) is 9.59 Å². The van der Waals surface area contributed by atoms with Crippen LogP contribution in [-0.2, 0) is 20.9 Å². The van der Waals surface area contributed by atoms with Crippen molar-refractivity contribution in [2.45, 2.75) is 57.3 Å². The molecule has 0 aromatic carbocycles. The Morgan fingerprint density at radius 2 is 1.93 bits per heavy atom. The lowest BCUT2D eigenvalue weighted by Gasteiger charge is -2.27. The molecular weight excluding hydrogens is 390 g/mol. The second kappa shape index (κ2) is 10.9. The summed E-state index contributed by atoms with van der Waals surface area (Å²) in [6, 6.07) is 0.111. The topological polar surface area (TPSA) is 89.5 Å². The first kappa shape index (κ1) is 22.1. The summed E-state index contributed by atoms with van der Waals surface area (Å²) in [5, 5.41) is 7.21. The van der Waals surface area contributed by atoms with Crippen LogP contribution in [-0.4, -0.2) is 49.2 Å². The first-order valence-corrected chi connectivity index (χ1v) is 10.1. The number of hydrogen-bond acceptors (Lipinski definition) is 7. The summed E-state index contributed by atoms with van der Waals surface area (Å²) in [5.74, 6) is -0.261. The molecule has 27 heavy (non-hydrogen) atoms. The van der Waals surface area contributed by atoms with E-state index in [1.54, 1.807) is 6.20 Å². The Balaban J connectivity index is 0.00000261. The van der Waals surface area contributed by atoms with Crippen LogP contribution in [0.4, 0.5) is 0 Å². The summed E-state index contributed by atoms with van der Waals surface area (Å²) < 4.78 is 10.7. The van der Waals surface area contributed by atoms with Crippen molar-refractivity contribution in [2.24, 2.45) is 5.92 Å². The van der Waals surface area contributed by atoms with Gasteiger partial charge in [-0.05, 0) is 51.6 Å². The normalized spacial score (nSPS) is 23.3. The Labute approximate surface area is 170 Å². The summed E-state index contributed by atoms with van der Waals surface area (Å²) in [6.45, 7) is 2.45. The Morgan fingerprint density at radius 1 is 1.22 bits per heavy atom. The highest BCUT2D eigenvalue weighted by Gasteiger charge is 2.28. The highest BCUT2D eigenvalue weighted by atomic mass is 35.5. The van der Waals surface area contributed by atoms with Crippen molar-refractivity contribution in [1.82, 2.24) is 15.6 Å². The number of nitrogens with one attached hydrogen (secondary N) is 2. The van der Waals surface area contributed by atoms with Gasteiger partial charge >= 0.3 is 5.97 Å². The van der Waals surface area contributed by atoms with Crippen molar-refractivity contribution < 1.29 is 19.1 Å². The summed E-state index contributed by atoms with van der Waals surface area (Å²) in [5.41, 5.74) is 0. The standard InChI is InChI=1S/C18H27N3O4S.ClH/c1-24-18(23)12-2-4-13(5-3-12)21-17(22)15-10-20-16(26-15)11-25-14-6-8-19-9-7-14;/h10,12-14,19H,2-9,11H2,1H3,(H,21,22);1H/t12-,13-;. The number of nitrogens with zero attached hydrogens (tertiary/aromatic N) is 1. The van der Waals surface area contributed by atoms with Gasteiger partial charge in [-0.25, -0.2) is 4.98 Å². The van der Waals surface area contributed by atoms with Gasteiger partial charge in [-0.3, -0.25) is 9.59 Å². The van der Waals surface area contributed by atoms with E-state index in [1.807, 2.05) is 0 Å². The van der Waals surface area contributed by atoms with E-state index in [0.29, 0.717) is 11.5 Å². The third-order valence-corrected chi connectivity index (χ3v) is 6.07. The number of esters is 1. The highest BCUT2D eigenvalue weighted by molar-refractivity contribution is 7.13. The molecule has 1 aromatic rings. The predicted molar refractivity (Wildman–Crippen MR) is 105 cm³/mol. The summed E-state index contributed by atoms with van der Waals surface area (Å²) in [7, 11) is 1.42. The number of carbonyl (C=O) groups excluding carboxylic acids is 2. The molecule has 1 amide bonds. The molecule has 2 N–H and O–H groups in total. The molecule has 152 valence electrons. The maximum absolute atomic E-state index is 12.4. The van der Waals surface area contributed by atoms with Crippen molar-refractivity contribution in [3.8, 4) is 0 Å². The third-order valence-electron chi connectivity index (χ3n) is 5.10. The minimum atomic E-state index is -0.143. The van der Waals surface area contributed by atoms with Crippen LogP contribution in [0.15, 0.2) is 6.20 Å². The van der Waals surface area contributed by atoms with Crippen molar-refractivity contribution in [1.29, 1.82) is 0 Å². The molecule has 9 heteroatoms. The van der Waals surface area contributed by atoms with Crippen molar-refractivity contribution in [2.75, 3.05) is 20.2 Å². The summed E-state index contributed by atoms with van der Waals surface area (Å²) >= 11 is 1.39. The fraction of sp³-hybridized carbons (Fsp3) is 0.722. The first-order valence-electron chi connectivity index (χ1n) is 9.31. The molecule has 2 heterocycles. The van der Waals surface area contributed by atoms with Gasteiger partial charge in [-0.1, -0.05) is 0 Å². The van der Waals surface area contributed by atoms with Gasteiger partial charge in [0.15, 0.2) is 0 Å². The number of hydrogen-bond donors (Lipinski definition) is 2. The number of halogens is 1. The van der Waals surface area contributed by atoms with Crippen LogP contribution in [0.3, 0.4) is 0 Å². The van der Waals surface area contributed by atoms with Crippen molar-refractivity contribution in [3.05, 3.63) is 16.1 Å². The van der Waals surface area contributed by atoms with Crippen LogP contribution < -0.4 is 10.6 Å². The quantitative estimate of drug-likeness (QED) is 0.690. The molecular formula is C18H28ClN3O4S. The maximum Gasteiger partial charge on any atom is 0.308 e. The van der Waals surface area contributed by atoms with E-state index in [4.69, 9.17) is 9.47 Å². The molecule has 0 spiro atoms. The van der Waals surface area contributed by atoms with Gasteiger partial charge in [0, 0.05) is 6.04 Å². The molecule has 1 saturated carbocycles. The molecule has 0 bridgehead atoms. The molecule has 1 aromatic heterocycles. The molecule has 1 aliphatic heterocycles. The number of piperidine rings is 1. The van der Waals surface area contributed by atoms with Gasteiger partial charge < -0.3 is 20.1 Å². The number of ether oxygens (including phenoxy) is 2. The van der Waals surface area contributed by atoms with Gasteiger partial charge in [0.25, 0.3) is 5.91 Å². The largest absolute Gasteiger partial charge is 0.469 e. The van der Waals surface area contributed by atoms with Gasteiger partial charge in [-0.2, -0.15) is 0 Å². The Morgan fingerprint density at radius 3 is 2.59 bits per heavy atom. The van der Waals surface area contributed by atoms with Crippen LogP contribution >= 0.6 is 23.7 Å². The zero-order valence-electron chi connectivity index (χ0n) is 15.6. The van der Waals surface area contributed by atoms with Crippen LogP contribution in [0, 0.1) is 5.92 Å². The monoisotopic (exact) mass is 417 g/mol. The van der Waals surface area contributed by atoms with Crippen LogP contribution in [0.25, 0.3) is 0 Å². The van der Waals surface area contributed by atoms with Gasteiger partial charge in [0.1, 0.15) is 9.88 Å². The highest BCUT2D eigenvalue weighted by Crippen LogP contribution is 2.26. The van der Waals surface area contributed by atoms with Crippen LogP contribution in [0.2, 0.25) is 0 Å². The predicted octanol–water partition coefficient (Wildman–Crippen LogP) is 2.30. The van der Waals surface area contributed by atoms with Gasteiger partial charge in [-0.15, -0.1) is 23.7 Å². The number of thiazole rings is 1. The molecule has 7 nitrogen and oxygen atoms in total. The number of carbonyl (C=O) groups is 2. The average molecular weight is 418 g/mol. The summed E-state index contributed by atoms with van der Waals surface area (Å²) in [4.78, 5) is 28.9. The van der Waals surface area contributed by atoms with Gasteiger partial charge in [0.2, 0.25) is 0 Å². The fourth-order valence-corrected chi connectivity index (χ4v) is 4.27. The van der Waals surface area contributed by atoms with E-state index in [0.717, 1.165) is 56.6 Å². The Hall–Kier alpha value is -1.22. The van der Waals surface area contributed by atoms with Crippen molar-refractivity contribution >= 4 is 35.6 Å². The molecule has 0 radical (unpaired) electrons. The zero-order valence-corrected chi connectivity index (χ0v) is 17.2. The number of rotatable bonds is 6. The second-order valence-electron chi connectivity index (χ2n) is 6.92. The Bertz CT molecular complexity index is 614. The minimum Gasteiger partial charge on any atom is -0.469 e. The van der Waals surface area contributed by atoms with Crippen molar-refractivity contribution in [3.63, 3.8) is 0 Å². The molecule has 1 aliphatic carbocycles. The molecule has 3 rings (SSSR count). The number of amides is 1. The molecule has 1 saturated heterocycles. The fourth-order valence-electron chi connectivity index (χ4n) is 3.53. The zero-order chi connectivity index (χ0) is 18.4. The van der Waals surface area contributed by atoms with Crippen LogP contribution in [0.5, 0.6) is 0 Å². The lowest BCUT2D eigenvalue weighted by molar-refractivity contribution is -0.146. The average Bonchev–Trinajstić information content (AvgIpc) is 3.16. The Kier molecular flexibility index (Phi) is 8.95. The maximum atomic E-state index is 12.4. The smallest absolute Gasteiger partial charge is 0.308 e. The molecule has 2 aliphatic rings.